The lowest BCUT2D eigenvalue weighted by Crippen LogP contribution is -2.44. The average Bonchev–Trinajstić information content (AvgIpc) is 2.96. The van der Waals surface area contributed by atoms with Crippen LogP contribution >= 0.6 is 0 Å². The van der Waals surface area contributed by atoms with Gasteiger partial charge in [0.2, 0.25) is 5.91 Å². The Morgan fingerprint density at radius 1 is 0.838 bits per heavy atom. The summed E-state index contributed by atoms with van der Waals surface area (Å²) in [6.07, 6.45) is 5.85. The van der Waals surface area contributed by atoms with E-state index in [-0.39, 0.29) is 11.9 Å². The number of pyridine rings is 1. The SMILES string of the molecule is CO/C=C/C(=O)N(c1ccc(-c2ccccc2)cc1)C(C(=O)N[C@@H](C)c1ccccc1)c1cccnc1. The number of methoxy groups -OCH3 is 1. The number of anilines is 1. The summed E-state index contributed by atoms with van der Waals surface area (Å²) in [5, 5.41) is 3.08. The molecule has 2 amide bonds. The minimum atomic E-state index is -0.962. The summed E-state index contributed by atoms with van der Waals surface area (Å²) in [6.45, 7) is 1.92. The lowest BCUT2D eigenvalue weighted by atomic mass is 10.0. The highest BCUT2D eigenvalue weighted by Crippen LogP contribution is 2.31. The molecule has 0 radical (unpaired) electrons. The Morgan fingerprint density at radius 3 is 2.08 bits per heavy atom. The molecule has 0 aliphatic rings. The van der Waals surface area contributed by atoms with Crippen molar-refractivity contribution in [1.82, 2.24) is 10.3 Å². The number of aromatic nitrogens is 1. The molecule has 1 N–H and O–H groups in total. The third-order valence-electron chi connectivity index (χ3n) is 6.00. The molecule has 4 rings (SSSR count). The molecule has 0 spiro atoms. The van der Waals surface area contributed by atoms with E-state index < -0.39 is 11.9 Å². The standard InChI is InChI=1S/C31H29N3O3/c1-23(24-10-5-3-6-11-24)33-31(36)30(27-14-9-20-32-22-27)34(29(35)19-21-37-2)28-17-15-26(16-18-28)25-12-7-4-8-13-25/h3-23,30H,1-2H3,(H,33,36)/b21-19+/t23-,30?/m0/s1. The van der Waals surface area contributed by atoms with Crippen LogP contribution < -0.4 is 10.2 Å². The van der Waals surface area contributed by atoms with Crippen molar-refractivity contribution in [3.05, 3.63) is 133 Å². The maximum absolute atomic E-state index is 13.8. The minimum Gasteiger partial charge on any atom is -0.504 e. The highest BCUT2D eigenvalue weighted by Gasteiger charge is 2.33. The smallest absolute Gasteiger partial charge is 0.255 e. The normalized spacial score (nSPS) is 12.5. The van der Waals surface area contributed by atoms with E-state index in [4.69, 9.17) is 4.74 Å². The average molecular weight is 492 g/mol. The van der Waals surface area contributed by atoms with Gasteiger partial charge in [0.15, 0.2) is 0 Å². The Balaban J connectivity index is 1.74. The van der Waals surface area contributed by atoms with Gasteiger partial charge in [-0.25, -0.2) is 0 Å². The molecule has 0 saturated carbocycles. The first-order valence-electron chi connectivity index (χ1n) is 12.0. The highest BCUT2D eigenvalue weighted by atomic mass is 16.5. The van der Waals surface area contributed by atoms with Gasteiger partial charge in [-0.15, -0.1) is 0 Å². The van der Waals surface area contributed by atoms with Crippen molar-refractivity contribution in [3.8, 4) is 11.1 Å². The summed E-state index contributed by atoms with van der Waals surface area (Å²) in [6, 6.07) is 29.6. The molecule has 2 atom stereocenters. The summed E-state index contributed by atoms with van der Waals surface area (Å²) in [4.78, 5) is 33.0. The van der Waals surface area contributed by atoms with E-state index in [1.165, 1.54) is 24.3 Å². The summed E-state index contributed by atoms with van der Waals surface area (Å²) in [5.74, 6) is -0.721. The summed E-state index contributed by atoms with van der Waals surface area (Å²) >= 11 is 0. The molecule has 0 bridgehead atoms. The predicted molar refractivity (Wildman–Crippen MR) is 145 cm³/mol. The molecule has 4 aromatic rings. The zero-order valence-corrected chi connectivity index (χ0v) is 20.8. The van der Waals surface area contributed by atoms with Gasteiger partial charge in [-0.05, 0) is 41.8 Å². The minimum absolute atomic E-state index is 0.264. The number of carbonyl (C=O) groups excluding carboxylic acids is 2. The molecular formula is C31H29N3O3. The van der Waals surface area contributed by atoms with E-state index in [0.717, 1.165) is 16.7 Å². The summed E-state index contributed by atoms with van der Waals surface area (Å²) in [5.41, 5.74) is 4.19. The zero-order valence-electron chi connectivity index (χ0n) is 20.8. The molecule has 1 unspecified atom stereocenters. The number of nitrogens with one attached hydrogen (secondary N) is 1. The second kappa shape index (κ2) is 12.3. The number of nitrogens with zero attached hydrogens (tertiary/aromatic N) is 2. The molecular weight excluding hydrogens is 462 g/mol. The predicted octanol–water partition coefficient (Wildman–Crippen LogP) is 5.86. The molecule has 0 fully saturated rings. The van der Waals surface area contributed by atoms with Crippen LogP contribution in [0.4, 0.5) is 5.69 Å². The quantitative estimate of drug-likeness (QED) is 0.235. The number of ether oxygens (including phenoxy) is 1. The molecule has 186 valence electrons. The number of carbonyl (C=O) groups is 2. The number of hydrogen-bond donors (Lipinski definition) is 1. The lowest BCUT2D eigenvalue weighted by Gasteiger charge is -2.31. The van der Waals surface area contributed by atoms with Crippen molar-refractivity contribution in [2.75, 3.05) is 12.0 Å². The van der Waals surface area contributed by atoms with Crippen molar-refractivity contribution in [1.29, 1.82) is 0 Å². The van der Waals surface area contributed by atoms with Crippen LogP contribution in [0.25, 0.3) is 11.1 Å². The van der Waals surface area contributed by atoms with Gasteiger partial charge in [0.1, 0.15) is 6.04 Å². The van der Waals surface area contributed by atoms with Gasteiger partial charge in [-0.2, -0.15) is 0 Å². The highest BCUT2D eigenvalue weighted by molar-refractivity contribution is 6.06. The van der Waals surface area contributed by atoms with Gasteiger partial charge < -0.3 is 10.1 Å². The lowest BCUT2D eigenvalue weighted by molar-refractivity contribution is -0.125. The molecule has 0 aliphatic heterocycles. The van der Waals surface area contributed by atoms with Crippen LogP contribution in [0.3, 0.4) is 0 Å². The van der Waals surface area contributed by atoms with Crippen molar-refractivity contribution >= 4 is 17.5 Å². The number of hydrogen-bond acceptors (Lipinski definition) is 4. The van der Waals surface area contributed by atoms with Gasteiger partial charge in [-0.3, -0.25) is 19.5 Å². The molecule has 0 aliphatic carbocycles. The van der Waals surface area contributed by atoms with Crippen LogP contribution in [0.1, 0.15) is 30.1 Å². The van der Waals surface area contributed by atoms with Gasteiger partial charge >= 0.3 is 0 Å². The van der Waals surface area contributed by atoms with Crippen LogP contribution in [0.2, 0.25) is 0 Å². The van der Waals surface area contributed by atoms with Crippen LogP contribution in [0.5, 0.6) is 0 Å². The summed E-state index contributed by atoms with van der Waals surface area (Å²) < 4.78 is 5.00. The van der Waals surface area contributed by atoms with Crippen molar-refractivity contribution in [2.45, 2.75) is 19.0 Å². The van der Waals surface area contributed by atoms with Gasteiger partial charge in [-0.1, -0.05) is 78.9 Å². The molecule has 1 aromatic heterocycles. The molecule has 6 nitrogen and oxygen atoms in total. The Morgan fingerprint density at radius 2 is 1.46 bits per heavy atom. The monoisotopic (exact) mass is 491 g/mol. The Bertz CT molecular complexity index is 1320. The van der Waals surface area contributed by atoms with E-state index in [1.54, 1.807) is 24.5 Å². The van der Waals surface area contributed by atoms with E-state index >= 15 is 0 Å². The van der Waals surface area contributed by atoms with Crippen molar-refractivity contribution < 1.29 is 14.3 Å². The van der Waals surface area contributed by atoms with Crippen molar-refractivity contribution in [2.24, 2.45) is 0 Å². The Hall–Kier alpha value is -4.71. The van der Waals surface area contributed by atoms with E-state index in [2.05, 4.69) is 10.3 Å². The van der Waals surface area contributed by atoms with Crippen LogP contribution in [0, 0.1) is 0 Å². The van der Waals surface area contributed by atoms with Crippen LogP contribution in [0.15, 0.2) is 122 Å². The van der Waals surface area contributed by atoms with E-state index in [0.29, 0.717) is 11.3 Å². The third-order valence-corrected chi connectivity index (χ3v) is 6.00. The first-order chi connectivity index (χ1) is 18.1. The third kappa shape index (κ3) is 6.30. The van der Waals surface area contributed by atoms with E-state index in [1.807, 2.05) is 91.9 Å². The fourth-order valence-electron chi connectivity index (χ4n) is 4.13. The molecule has 0 saturated heterocycles. The van der Waals surface area contributed by atoms with Crippen molar-refractivity contribution in [3.63, 3.8) is 0 Å². The van der Waals surface area contributed by atoms with E-state index in [9.17, 15) is 9.59 Å². The zero-order chi connectivity index (χ0) is 26.0. The molecule has 6 heteroatoms. The van der Waals surface area contributed by atoms with Gasteiger partial charge in [0.05, 0.1) is 19.4 Å². The largest absolute Gasteiger partial charge is 0.504 e. The number of amides is 2. The first-order valence-corrected chi connectivity index (χ1v) is 12.0. The Kier molecular flexibility index (Phi) is 8.45. The summed E-state index contributed by atoms with van der Waals surface area (Å²) in [7, 11) is 1.47. The fraction of sp³-hybridized carbons (Fsp3) is 0.129. The fourth-order valence-corrected chi connectivity index (χ4v) is 4.13. The van der Waals surface area contributed by atoms with Gasteiger partial charge in [0.25, 0.3) is 5.91 Å². The Labute approximate surface area is 217 Å². The number of rotatable bonds is 9. The molecule has 37 heavy (non-hydrogen) atoms. The maximum Gasteiger partial charge on any atom is 0.255 e. The van der Waals surface area contributed by atoms with Crippen LogP contribution in [-0.2, 0) is 14.3 Å². The second-order valence-electron chi connectivity index (χ2n) is 8.49. The van der Waals surface area contributed by atoms with Crippen LogP contribution in [-0.4, -0.2) is 23.9 Å². The molecule has 3 aromatic carbocycles. The van der Waals surface area contributed by atoms with Gasteiger partial charge in [0, 0.05) is 29.7 Å². The maximum atomic E-state index is 13.8. The second-order valence-corrected chi connectivity index (χ2v) is 8.49. The topological polar surface area (TPSA) is 71.5 Å². The molecule has 1 heterocycles. The first kappa shape index (κ1) is 25.4. The number of benzene rings is 3.